The number of nitrogens with one attached hydrogen (secondary N) is 2. The number of ether oxygens (including phenoxy) is 1. The van der Waals surface area contributed by atoms with Gasteiger partial charge >= 0.3 is 0 Å². The molecule has 0 radical (unpaired) electrons. The van der Waals surface area contributed by atoms with Crippen molar-refractivity contribution >= 4 is 47.2 Å². The molecule has 0 saturated carbocycles. The zero-order valence-electron chi connectivity index (χ0n) is 17.9. The minimum atomic E-state index is 0. The number of hydrogen-bond donors (Lipinski definition) is 2. The molecule has 1 unspecified atom stereocenters. The highest BCUT2D eigenvalue weighted by Gasteiger charge is 2.25. The lowest BCUT2D eigenvalue weighted by Crippen LogP contribution is -2.44. The Balaban J connectivity index is 0.00000320. The number of hydrogen-bond acceptors (Lipinski definition) is 5. The molecule has 2 N–H and O–H groups in total. The summed E-state index contributed by atoms with van der Waals surface area (Å²) in [6.07, 6.45) is 1.000. The van der Waals surface area contributed by atoms with Gasteiger partial charge < -0.3 is 24.8 Å². The normalized spacial score (nSPS) is 16.5. The Morgan fingerprint density at radius 3 is 2.87 bits per heavy atom. The van der Waals surface area contributed by atoms with Crippen molar-refractivity contribution in [2.24, 2.45) is 4.99 Å². The van der Waals surface area contributed by atoms with E-state index in [1.807, 2.05) is 24.3 Å². The Hall–Kier alpha value is -1.68. The number of methoxy groups -OCH3 is 1. The lowest BCUT2D eigenvalue weighted by atomic mass is 10.1. The molecule has 3 rings (SSSR count). The molecule has 1 aromatic carbocycles. The van der Waals surface area contributed by atoms with Crippen molar-refractivity contribution < 1.29 is 9.26 Å². The van der Waals surface area contributed by atoms with E-state index in [1.165, 1.54) is 0 Å². The van der Waals surface area contributed by atoms with E-state index in [-0.39, 0.29) is 30.0 Å². The van der Waals surface area contributed by atoms with Crippen LogP contribution in [-0.4, -0.2) is 43.9 Å². The van der Waals surface area contributed by atoms with Crippen LogP contribution in [0.5, 0.6) is 5.75 Å². The van der Waals surface area contributed by atoms with Crippen molar-refractivity contribution in [3.05, 3.63) is 40.7 Å². The van der Waals surface area contributed by atoms with Crippen molar-refractivity contribution in [3.63, 3.8) is 0 Å². The van der Waals surface area contributed by atoms with Crippen LogP contribution in [0.15, 0.2) is 33.8 Å². The molecular formula is C21H31ClIN5O2. The van der Waals surface area contributed by atoms with Gasteiger partial charge in [-0.05, 0) is 37.5 Å². The summed E-state index contributed by atoms with van der Waals surface area (Å²) >= 11 is 6.19. The van der Waals surface area contributed by atoms with Crippen molar-refractivity contribution in [2.75, 3.05) is 31.6 Å². The van der Waals surface area contributed by atoms with Crippen LogP contribution in [0.2, 0.25) is 5.02 Å². The molecule has 2 heterocycles. The smallest absolute Gasteiger partial charge is 0.191 e. The fraction of sp³-hybridized carbons (Fsp3) is 0.524. The zero-order valence-corrected chi connectivity index (χ0v) is 21.0. The van der Waals surface area contributed by atoms with Gasteiger partial charge in [0.1, 0.15) is 12.3 Å². The van der Waals surface area contributed by atoms with E-state index in [0.717, 1.165) is 54.9 Å². The van der Waals surface area contributed by atoms with Crippen molar-refractivity contribution in [1.29, 1.82) is 0 Å². The summed E-state index contributed by atoms with van der Waals surface area (Å²) in [5.74, 6) is 2.72. The Morgan fingerprint density at radius 2 is 2.20 bits per heavy atom. The largest absolute Gasteiger partial charge is 0.495 e. The number of rotatable bonds is 7. The first kappa shape index (κ1) is 24.6. The number of benzene rings is 1. The summed E-state index contributed by atoms with van der Waals surface area (Å²) in [6, 6.07) is 7.96. The number of guanidine groups is 1. The lowest BCUT2D eigenvalue weighted by Gasteiger charge is -2.22. The maximum Gasteiger partial charge on any atom is 0.191 e. The highest BCUT2D eigenvalue weighted by atomic mass is 127. The van der Waals surface area contributed by atoms with Gasteiger partial charge in [-0.3, -0.25) is 0 Å². The van der Waals surface area contributed by atoms with E-state index in [2.05, 4.69) is 46.5 Å². The molecule has 1 atom stereocenters. The van der Waals surface area contributed by atoms with Gasteiger partial charge in [0.15, 0.2) is 11.7 Å². The van der Waals surface area contributed by atoms with E-state index >= 15 is 0 Å². The predicted molar refractivity (Wildman–Crippen MR) is 133 cm³/mol. The molecule has 0 bridgehead atoms. The Labute approximate surface area is 200 Å². The van der Waals surface area contributed by atoms with Crippen LogP contribution in [-0.2, 0) is 6.54 Å². The molecule has 0 amide bonds. The van der Waals surface area contributed by atoms with Gasteiger partial charge in [-0.2, -0.15) is 0 Å². The summed E-state index contributed by atoms with van der Waals surface area (Å²) in [4.78, 5) is 6.95. The highest BCUT2D eigenvalue weighted by molar-refractivity contribution is 14.0. The second-order valence-corrected chi connectivity index (χ2v) is 7.90. The summed E-state index contributed by atoms with van der Waals surface area (Å²) in [5, 5.41) is 11.6. The minimum Gasteiger partial charge on any atom is -0.495 e. The second kappa shape index (κ2) is 11.6. The van der Waals surface area contributed by atoms with E-state index in [9.17, 15) is 0 Å². The molecule has 30 heavy (non-hydrogen) atoms. The third-order valence-electron chi connectivity index (χ3n) is 4.92. The van der Waals surface area contributed by atoms with Crippen LogP contribution in [0, 0.1) is 0 Å². The molecule has 7 nitrogen and oxygen atoms in total. The molecule has 0 spiro atoms. The number of halogens is 2. The Kier molecular flexibility index (Phi) is 9.54. The molecule has 9 heteroatoms. The average molecular weight is 548 g/mol. The van der Waals surface area contributed by atoms with Gasteiger partial charge in [0.25, 0.3) is 0 Å². The molecule has 1 aromatic heterocycles. The average Bonchev–Trinajstić information content (AvgIpc) is 3.36. The Morgan fingerprint density at radius 1 is 1.40 bits per heavy atom. The van der Waals surface area contributed by atoms with E-state index in [0.29, 0.717) is 17.5 Å². The number of nitrogens with zero attached hydrogens (tertiary/aromatic N) is 3. The van der Waals surface area contributed by atoms with E-state index in [1.54, 1.807) is 7.11 Å². The first-order chi connectivity index (χ1) is 14.0. The molecule has 2 aromatic rings. The summed E-state index contributed by atoms with van der Waals surface area (Å²) in [6.45, 7) is 9.26. The van der Waals surface area contributed by atoms with E-state index < -0.39 is 0 Å². The van der Waals surface area contributed by atoms with Gasteiger partial charge in [0.05, 0.1) is 18.5 Å². The van der Waals surface area contributed by atoms with Crippen LogP contribution < -0.4 is 20.3 Å². The van der Waals surface area contributed by atoms with Gasteiger partial charge in [0.2, 0.25) is 0 Å². The number of aliphatic imine (C=N–C) groups is 1. The number of aromatic nitrogens is 1. The second-order valence-electron chi connectivity index (χ2n) is 7.46. The standard InChI is InChI=1S/C21H30ClN5O2.HI/c1-5-23-21(24-12-17-11-18(14(2)3)26-29-17)25-16-8-9-27(13-16)19-10-15(22)6-7-20(19)28-4;/h6-7,10-11,14,16H,5,8-9,12-13H2,1-4H3,(H2,23,24,25);1H. The van der Waals surface area contributed by atoms with Crippen molar-refractivity contribution in [2.45, 2.75) is 45.7 Å². The predicted octanol–water partition coefficient (Wildman–Crippen LogP) is 4.41. The van der Waals surface area contributed by atoms with Crippen molar-refractivity contribution in [1.82, 2.24) is 15.8 Å². The third-order valence-corrected chi connectivity index (χ3v) is 5.15. The Bertz CT molecular complexity index is 843. The maximum atomic E-state index is 6.19. The molecule has 1 aliphatic rings. The molecule has 1 aliphatic heterocycles. The van der Waals surface area contributed by atoms with Gasteiger partial charge in [-0.1, -0.05) is 30.6 Å². The monoisotopic (exact) mass is 547 g/mol. The number of anilines is 1. The first-order valence-electron chi connectivity index (χ1n) is 10.1. The summed E-state index contributed by atoms with van der Waals surface area (Å²) in [5.41, 5.74) is 1.98. The topological polar surface area (TPSA) is 74.9 Å². The summed E-state index contributed by atoms with van der Waals surface area (Å²) < 4.78 is 10.9. The third kappa shape index (κ3) is 6.41. The lowest BCUT2D eigenvalue weighted by molar-refractivity contribution is 0.376. The van der Waals surface area contributed by atoms with Crippen LogP contribution in [0.4, 0.5) is 5.69 Å². The van der Waals surface area contributed by atoms with Crippen LogP contribution >= 0.6 is 35.6 Å². The SMILES string of the molecule is CCNC(=NCc1cc(C(C)C)no1)NC1CCN(c2cc(Cl)ccc2OC)C1.I. The van der Waals surface area contributed by atoms with E-state index in [4.69, 9.17) is 20.9 Å². The highest BCUT2D eigenvalue weighted by Crippen LogP contribution is 2.33. The van der Waals surface area contributed by atoms with Crippen LogP contribution in [0.25, 0.3) is 0 Å². The molecule has 1 fully saturated rings. The molecular weight excluding hydrogens is 517 g/mol. The fourth-order valence-corrected chi connectivity index (χ4v) is 3.52. The molecule has 0 aliphatic carbocycles. The summed E-state index contributed by atoms with van der Waals surface area (Å²) in [7, 11) is 1.68. The van der Waals surface area contributed by atoms with Gasteiger partial charge in [-0.15, -0.1) is 24.0 Å². The van der Waals surface area contributed by atoms with Crippen molar-refractivity contribution in [3.8, 4) is 5.75 Å². The quantitative estimate of drug-likeness (QED) is 0.304. The zero-order chi connectivity index (χ0) is 20.8. The first-order valence-corrected chi connectivity index (χ1v) is 10.5. The van der Waals surface area contributed by atoms with Crippen LogP contribution in [0.3, 0.4) is 0 Å². The maximum absolute atomic E-state index is 6.19. The molecule has 166 valence electrons. The van der Waals surface area contributed by atoms with Crippen LogP contribution in [0.1, 0.15) is 44.6 Å². The van der Waals surface area contributed by atoms with Gasteiger partial charge in [-0.25, -0.2) is 4.99 Å². The fourth-order valence-electron chi connectivity index (χ4n) is 3.35. The van der Waals surface area contributed by atoms with Gasteiger partial charge in [0, 0.05) is 36.8 Å². The molecule has 1 saturated heterocycles. The minimum absolute atomic E-state index is 0.